The van der Waals surface area contributed by atoms with Crippen molar-refractivity contribution >= 4 is 58.0 Å². The van der Waals surface area contributed by atoms with Crippen LogP contribution in [0, 0.1) is 0 Å². The Hall–Kier alpha value is -1.78. The number of rotatable bonds is 9. The van der Waals surface area contributed by atoms with Crippen LogP contribution < -0.4 is 15.4 Å². The number of nitrogens with one attached hydrogen (secondary N) is 2. The van der Waals surface area contributed by atoms with Crippen LogP contribution in [0.1, 0.15) is 20.3 Å². The van der Waals surface area contributed by atoms with Gasteiger partial charge in [0.15, 0.2) is 8.68 Å². The minimum atomic E-state index is -0.189. The lowest BCUT2D eigenvalue weighted by atomic mass is 10.2. The Balaban J connectivity index is 1.94. The van der Waals surface area contributed by atoms with E-state index in [0.717, 1.165) is 20.9 Å². The van der Waals surface area contributed by atoms with E-state index in [1.807, 2.05) is 0 Å². The lowest BCUT2D eigenvalue weighted by molar-refractivity contribution is -0.114. The molecule has 0 bridgehead atoms. The van der Waals surface area contributed by atoms with Gasteiger partial charge in [0.2, 0.25) is 11.8 Å². The van der Waals surface area contributed by atoms with Gasteiger partial charge in [-0.15, -0.1) is 10.2 Å². The highest BCUT2D eigenvalue weighted by molar-refractivity contribution is 8.03. The SMILES string of the molecule is CCCSc1nnc(SCC(=O)Nc2cc(NC(C)=O)ccc2OC)s1. The van der Waals surface area contributed by atoms with Crippen molar-refractivity contribution in [1.29, 1.82) is 0 Å². The van der Waals surface area contributed by atoms with Crippen molar-refractivity contribution in [2.24, 2.45) is 0 Å². The van der Waals surface area contributed by atoms with Gasteiger partial charge in [-0.05, 0) is 24.6 Å². The fourth-order valence-electron chi connectivity index (χ4n) is 1.90. The van der Waals surface area contributed by atoms with E-state index in [-0.39, 0.29) is 17.6 Å². The van der Waals surface area contributed by atoms with E-state index in [1.165, 1.54) is 37.1 Å². The minimum absolute atomic E-state index is 0.184. The first-order valence-electron chi connectivity index (χ1n) is 7.86. The van der Waals surface area contributed by atoms with Gasteiger partial charge in [0, 0.05) is 18.4 Å². The molecule has 2 aromatic rings. The van der Waals surface area contributed by atoms with Crippen LogP contribution in [0.25, 0.3) is 0 Å². The van der Waals surface area contributed by atoms with Crippen LogP contribution in [0.15, 0.2) is 26.9 Å². The van der Waals surface area contributed by atoms with Crippen molar-refractivity contribution in [3.63, 3.8) is 0 Å². The normalized spacial score (nSPS) is 10.4. The number of thioether (sulfide) groups is 2. The first kappa shape index (κ1) is 20.5. The predicted molar refractivity (Wildman–Crippen MR) is 108 cm³/mol. The number of benzene rings is 1. The molecule has 0 aliphatic carbocycles. The minimum Gasteiger partial charge on any atom is -0.495 e. The van der Waals surface area contributed by atoms with Crippen LogP contribution in [-0.4, -0.2) is 40.6 Å². The van der Waals surface area contributed by atoms with Gasteiger partial charge >= 0.3 is 0 Å². The van der Waals surface area contributed by atoms with Gasteiger partial charge in [0.25, 0.3) is 0 Å². The molecule has 0 aliphatic heterocycles. The highest BCUT2D eigenvalue weighted by Crippen LogP contribution is 2.30. The van der Waals surface area contributed by atoms with Crippen LogP contribution in [-0.2, 0) is 9.59 Å². The van der Waals surface area contributed by atoms with E-state index in [4.69, 9.17) is 4.74 Å². The Morgan fingerprint density at radius 1 is 1.19 bits per heavy atom. The molecule has 0 fully saturated rings. The monoisotopic (exact) mass is 412 g/mol. The molecule has 0 aliphatic rings. The van der Waals surface area contributed by atoms with Crippen molar-refractivity contribution in [2.45, 2.75) is 28.9 Å². The molecule has 1 heterocycles. The molecule has 140 valence electrons. The van der Waals surface area contributed by atoms with Gasteiger partial charge < -0.3 is 15.4 Å². The molecule has 10 heteroatoms. The van der Waals surface area contributed by atoms with Gasteiger partial charge in [-0.2, -0.15) is 0 Å². The number of methoxy groups -OCH3 is 1. The molecule has 0 saturated heterocycles. The highest BCUT2D eigenvalue weighted by atomic mass is 32.2. The fraction of sp³-hybridized carbons (Fsp3) is 0.375. The highest BCUT2D eigenvalue weighted by Gasteiger charge is 2.12. The summed E-state index contributed by atoms with van der Waals surface area (Å²) < 4.78 is 6.93. The summed E-state index contributed by atoms with van der Waals surface area (Å²) in [5.74, 6) is 1.36. The number of hydrogen-bond acceptors (Lipinski definition) is 8. The second-order valence-corrected chi connectivity index (χ2v) is 8.66. The number of nitrogens with zero attached hydrogens (tertiary/aromatic N) is 2. The van der Waals surface area contributed by atoms with Crippen LogP contribution in [0.2, 0.25) is 0 Å². The molecule has 0 unspecified atom stereocenters. The maximum Gasteiger partial charge on any atom is 0.234 e. The van der Waals surface area contributed by atoms with E-state index >= 15 is 0 Å². The second kappa shape index (κ2) is 10.4. The van der Waals surface area contributed by atoms with Crippen molar-refractivity contribution in [3.8, 4) is 5.75 Å². The molecule has 2 amide bonds. The largest absolute Gasteiger partial charge is 0.495 e. The van der Waals surface area contributed by atoms with E-state index in [9.17, 15) is 9.59 Å². The van der Waals surface area contributed by atoms with Gasteiger partial charge in [-0.25, -0.2) is 0 Å². The van der Waals surface area contributed by atoms with E-state index < -0.39 is 0 Å². The number of aromatic nitrogens is 2. The average molecular weight is 413 g/mol. The van der Waals surface area contributed by atoms with Gasteiger partial charge in [-0.1, -0.05) is 41.8 Å². The lowest BCUT2D eigenvalue weighted by Crippen LogP contribution is -2.15. The summed E-state index contributed by atoms with van der Waals surface area (Å²) in [7, 11) is 1.52. The molecule has 0 radical (unpaired) electrons. The molecule has 2 rings (SSSR count). The molecule has 0 saturated carbocycles. The number of hydrogen-bond donors (Lipinski definition) is 2. The molecule has 1 aromatic heterocycles. The maximum atomic E-state index is 12.2. The summed E-state index contributed by atoms with van der Waals surface area (Å²) in [4.78, 5) is 23.4. The van der Waals surface area contributed by atoms with E-state index in [1.54, 1.807) is 30.0 Å². The number of anilines is 2. The van der Waals surface area contributed by atoms with Crippen LogP contribution in [0.3, 0.4) is 0 Å². The van der Waals surface area contributed by atoms with Crippen molar-refractivity contribution in [3.05, 3.63) is 18.2 Å². The molecule has 2 N–H and O–H groups in total. The topological polar surface area (TPSA) is 93.2 Å². The first-order valence-corrected chi connectivity index (χ1v) is 10.6. The van der Waals surface area contributed by atoms with E-state index in [2.05, 4.69) is 27.8 Å². The zero-order valence-electron chi connectivity index (χ0n) is 14.7. The summed E-state index contributed by atoms with van der Waals surface area (Å²) in [6.07, 6.45) is 1.08. The Morgan fingerprint density at radius 3 is 2.58 bits per heavy atom. The summed E-state index contributed by atoms with van der Waals surface area (Å²) in [6, 6.07) is 5.06. The first-order chi connectivity index (χ1) is 12.5. The average Bonchev–Trinajstić information content (AvgIpc) is 3.06. The summed E-state index contributed by atoms with van der Waals surface area (Å²) in [5.41, 5.74) is 1.09. The van der Waals surface area contributed by atoms with Crippen molar-refractivity contribution in [2.75, 3.05) is 29.2 Å². The quantitative estimate of drug-likeness (QED) is 0.606. The fourth-order valence-corrected chi connectivity index (χ4v) is 4.65. The summed E-state index contributed by atoms with van der Waals surface area (Å²) >= 11 is 4.50. The number of carbonyl (C=O) groups excluding carboxylic acids is 2. The second-order valence-electron chi connectivity index (χ2n) is 5.12. The molecule has 7 nitrogen and oxygen atoms in total. The van der Waals surface area contributed by atoms with Crippen LogP contribution >= 0.6 is 34.9 Å². The maximum absolute atomic E-state index is 12.2. The molecule has 0 spiro atoms. The Bertz CT molecular complexity index is 767. The Kier molecular flexibility index (Phi) is 8.20. The van der Waals surface area contributed by atoms with Gasteiger partial charge in [0.05, 0.1) is 18.6 Å². The predicted octanol–water partition coefficient (Wildman–Crippen LogP) is 3.74. The number of ether oxygens (including phenoxy) is 1. The zero-order chi connectivity index (χ0) is 18.9. The lowest BCUT2D eigenvalue weighted by Gasteiger charge is -2.12. The van der Waals surface area contributed by atoms with Gasteiger partial charge in [0.1, 0.15) is 5.75 Å². The molecule has 1 aromatic carbocycles. The van der Waals surface area contributed by atoms with E-state index in [0.29, 0.717) is 17.1 Å². The number of amides is 2. The zero-order valence-corrected chi connectivity index (χ0v) is 17.1. The van der Waals surface area contributed by atoms with Gasteiger partial charge in [-0.3, -0.25) is 9.59 Å². The third kappa shape index (κ3) is 6.50. The molecular weight excluding hydrogens is 392 g/mol. The third-order valence-corrected chi connectivity index (χ3v) is 6.33. The van der Waals surface area contributed by atoms with Crippen LogP contribution in [0.5, 0.6) is 5.75 Å². The Labute approximate surface area is 164 Å². The Morgan fingerprint density at radius 2 is 1.92 bits per heavy atom. The summed E-state index contributed by atoms with van der Waals surface area (Å²) in [5, 5.41) is 13.7. The molecular formula is C16H20N4O3S3. The molecule has 26 heavy (non-hydrogen) atoms. The molecule has 0 atom stereocenters. The van der Waals surface area contributed by atoms with Crippen LogP contribution in [0.4, 0.5) is 11.4 Å². The number of carbonyl (C=O) groups is 2. The standard InChI is InChI=1S/C16H20N4O3S3/c1-4-7-24-15-19-20-16(26-15)25-9-14(22)18-12-8-11(17-10(2)21)5-6-13(12)23-3/h5-6,8H,4,7,9H2,1-3H3,(H,17,21)(H,18,22). The third-order valence-electron chi connectivity index (χ3n) is 2.94. The van der Waals surface area contributed by atoms with Crippen molar-refractivity contribution < 1.29 is 14.3 Å². The smallest absolute Gasteiger partial charge is 0.234 e. The summed E-state index contributed by atoms with van der Waals surface area (Å²) in [6.45, 7) is 3.54. The van der Waals surface area contributed by atoms with Crippen molar-refractivity contribution in [1.82, 2.24) is 10.2 Å².